The number of ether oxygens (including phenoxy) is 1. The first-order chi connectivity index (χ1) is 9.10. The number of H-pyrrole nitrogens is 1. The summed E-state index contributed by atoms with van der Waals surface area (Å²) >= 11 is 1.41. The summed E-state index contributed by atoms with van der Waals surface area (Å²) in [6.45, 7) is 1.69. The second-order valence-corrected chi connectivity index (χ2v) is 5.62. The number of imidazole rings is 1. The van der Waals surface area contributed by atoms with Crippen LogP contribution in [-0.2, 0) is 11.2 Å². The molecule has 6 heteroatoms. The number of aromatic amines is 1. The summed E-state index contributed by atoms with van der Waals surface area (Å²) in [5.41, 5.74) is 1.83. The molecule has 102 valence electrons. The summed E-state index contributed by atoms with van der Waals surface area (Å²) < 4.78 is 5.15. The number of hydrogen-bond donors (Lipinski definition) is 2. The first kappa shape index (κ1) is 13.7. The Morgan fingerprint density at radius 3 is 3.05 bits per heavy atom. The highest BCUT2D eigenvalue weighted by Gasteiger charge is 2.11. The van der Waals surface area contributed by atoms with Crippen molar-refractivity contribution in [3.05, 3.63) is 24.0 Å². The van der Waals surface area contributed by atoms with Crippen LogP contribution in [0.25, 0.3) is 11.0 Å². The van der Waals surface area contributed by atoms with Gasteiger partial charge in [0.2, 0.25) is 0 Å². The molecule has 1 heterocycles. The number of thioether (sulfide) groups is 1. The van der Waals surface area contributed by atoms with E-state index in [0.29, 0.717) is 0 Å². The minimum absolute atomic E-state index is 0.385. The molecule has 0 saturated carbocycles. The second-order valence-electron chi connectivity index (χ2n) is 4.17. The Balaban J connectivity index is 1.99. The van der Waals surface area contributed by atoms with Gasteiger partial charge < -0.3 is 14.8 Å². The van der Waals surface area contributed by atoms with Crippen molar-refractivity contribution in [1.29, 1.82) is 0 Å². The summed E-state index contributed by atoms with van der Waals surface area (Å²) in [6, 6.07) is 5.67. The molecule has 1 atom stereocenters. The van der Waals surface area contributed by atoms with Gasteiger partial charge in [-0.3, -0.25) is 4.79 Å². The maximum absolute atomic E-state index is 10.7. The van der Waals surface area contributed by atoms with Crippen LogP contribution >= 0.6 is 11.8 Å². The van der Waals surface area contributed by atoms with Gasteiger partial charge in [0.15, 0.2) is 0 Å². The number of methoxy groups -OCH3 is 1. The molecule has 0 saturated heterocycles. The zero-order valence-electron chi connectivity index (χ0n) is 10.8. The topological polar surface area (TPSA) is 75.2 Å². The Kier molecular flexibility index (Phi) is 4.31. The van der Waals surface area contributed by atoms with Crippen LogP contribution in [0.15, 0.2) is 18.2 Å². The van der Waals surface area contributed by atoms with Gasteiger partial charge in [-0.15, -0.1) is 11.8 Å². The van der Waals surface area contributed by atoms with Crippen LogP contribution in [0, 0.1) is 0 Å². The number of benzene rings is 1. The van der Waals surface area contributed by atoms with Crippen molar-refractivity contribution < 1.29 is 14.6 Å². The van der Waals surface area contributed by atoms with Crippen LogP contribution in [0.2, 0.25) is 0 Å². The predicted molar refractivity (Wildman–Crippen MR) is 75.9 cm³/mol. The maximum atomic E-state index is 10.7. The van der Waals surface area contributed by atoms with Crippen LogP contribution in [0.4, 0.5) is 0 Å². The predicted octanol–water partition coefficient (Wildman–Crippen LogP) is 2.32. The molecule has 0 aliphatic heterocycles. The number of aryl methyl sites for hydroxylation is 1. The van der Waals surface area contributed by atoms with Crippen LogP contribution in [0.5, 0.6) is 5.75 Å². The summed E-state index contributed by atoms with van der Waals surface area (Å²) in [5, 5.41) is 8.41. The number of fused-ring (bicyclic) bond motifs is 1. The zero-order chi connectivity index (χ0) is 13.8. The van der Waals surface area contributed by atoms with Gasteiger partial charge in [-0.2, -0.15) is 0 Å². The molecular weight excluding hydrogens is 264 g/mol. The molecule has 2 aromatic rings. The lowest BCUT2D eigenvalue weighted by Gasteiger charge is -2.03. The molecule has 0 spiro atoms. The van der Waals surface area contributed by atoms with Gasteiger partial charge in [-0.05, 0) is 19.1 Å². The van der Waals surface area contributed by atoms with E-state index < -0.39 is 5.97 Å². The van der Waals surface area contributed by atoms with Gasteiger partial charge in [-0.25, -0.2) is 4.98 Å². The number of carboxylic acid groups (broad SMARTS) is 1. The number of aromatic nitrogens is 2. The van der Waals surface area contributed by atoms with Gasteiger partial charge in [-0.1, -0.05) is 0 Å². The number of carbonyl (C=O) groups is 1. The fourth-order valence-corrected chi connectivity index (χ4v) is 2.50. The maximum Gasteiger partial charge on any atom is 0.316 e. The second kappa shape index (κ2) is 5.97. The zero-order valence-corrected chi connectivity index (χ0v) is 11.7. The molecule has 0 amide bonds. The molecule has 0 aliphatic carbocycles. The summed E-state index contributed by atoms with van der Waals surface area (Å²) in [6.07, 6.45) is 0.722. The van der Waals surface area contributed by atoms with Crippen molar-refractivity contribution >= 4 is 28.8 Å². The van der Waals surface area contributed by atoms with Crippen LogP contribution in [0.3, 0.4) is 0 Å². The van der Waals surface area contributed by atoms with Gasteiger partial charge in [0.25, 0.3) is 0 Å². The van der Waals surface area contributed by atoms with Crippen molar-refractivity contribution in [2.75, 3.05) is 12.9 Å². The Morgan fingerprint density at radius 1 is 1.58 bits per heavy atom. The number of aliphatic carboxylic acids is 1. The van der Waals surface area contributed by atoms with E-state index in [4.69, 9.17) is 9.84 Å². The largest absolute Gasteiger partial charge is 0.497 e. The molecular formula is C13H16N2O3S. The fourth-order valence-electron chi connectivity index (χ4n) is 1.69. The number of rotatable bonds is 6. The SMILES string of the molecule is COc1ccc2nc(CCSC(C)C(=O)O)[nH]c2c1. The molecule has 0 aliphatic rings. The van der Waals surface area contributed by atoms with E-state index in [9.17, 15) is 4.79 Å². The number of nitrogens with zero attached hydrogens (tertiary/aromatic N) is 1. The van der Waals surface area contributed by atoms with E-state index in [1.54, 1.807) is 14.0 Å². The Labute approximate surface area is 115 Å². The van der Waals surface area contributed by atoms with Gasteiger partial charge in [0.05, 0.1) is 23.4 Å². The third kappa shape index (κ3) is 3.41. The van der Waals surface area contributed by atoms with Crippen molar-refractivity contribution in [2.24, 2.45) is 0 Å². The lowest BCUT2D eigenvalue weighted by Crippen LogP contribution is -2.12. The van der Waals surface area contributed by atoms with Crippen LogP contribution in [0.1, 0.15) is 12.7 Å². The summed E-state index contributed by atoms with van der Waals surface area (Å²) in [4.78, 5) is 18.4. The van der Waals surface area contributed by atoms with Crippen molar-refractivity contribution in [3.8, 4) is 5.75 Å². The van der Waals surface area contributed by atoms with E-state index >= 15 is 0 Å². The average molecular weight is 280 g/mol. The highest BCUT2D eigenvalue weighted by atomic mass is 32.2. The first-order valence-corrected chi connectivity index (χ1v) is 7.02. The Morgan fingerprint density at radius 2 is 2.37 bits per heavy atom. The van der Waals surface area contributed by atoms with Gasteiger partial charge in [0.1, 0.15) is 11.6 Å². The standard InChI is InChI=1S/C13H16N2O3S/c1-8(13(16)17)19-6-5-12-14-10-4-3-9(18-2)7-11(10)15-12/h3-4,7-8H,5-6H2,1-2H3,(H,14,15)(H,16,17). The lowest BCUT2D eigenvalue weighted by atomic mass is 10.3. The van der Waals surface area contributed by atoms with E-state index in [2.05, 4.69) is 9.97 Å². The summed E-state index contributed by atoms with van der Waals surface area (Å²) in [5.74, 6) is 1.61. The van der Waals surface area contributed by atoms with Crippen molar-refractivity contribution in [1.82, 2.24) is 9.97 Å². The van der Waals surface area contributed by atoms with Gasteiger partial charge in [0, 0.05) is 18.2 Å². The molecule has 2 rings (SSSR count). The smallest absolute Gasteiger partial charge is 0.316 e. The average Bonchev–Trinajstić information content (AvgIpc) is 2.79. The van der Waals surface area contributed by atoms with Crippen LogP contribution in [-0.4, -0.2) is 39.2 Å². The highest BCUT2D eigenvalue weighted by Crippen LogP contribution is 2.19. The quantitative estimate of drug-likeness (QED) is 0.849. The minimum atomic E-state index is -0.778. The molecule has 0 fully saturated rings. The van der Waals surface area contributed by atoms with Crippen molar-refractivity contribution in [3.63, 3.8) is 0 Å². The lowest BCUT2D eigenvalue weighted by molar-refractivity contribution is -0.136. The molecule has 1 unspecified atom stereocenters. The monoisotopic (exact) mass is 280 g/mol. The number of carboxylic acids is 1. The molecule has 0 bridgehead atoms. The number of hydrogen-bond acceptors (Lipinski definition) is 4. The number of nitrogens with one attached hydrogen (secondary N) is 1. The van der Waals surface area contributed by atoms with Gasteiger partial charge >= 0.3 is 5.97 Å². The van der Waals surface area contributed by atoms with E-state index in [-0.39, 0.29) is 5.25 Å². The molecule has 0 radical (unpaired) electrons. The molecule has 5 nitrogen and oxygen atoms in total. The van der Waals surface area contributed by atoms with E-state index in [0.717, 1.165) is 34.8 Å². The molecule has 1 aromatic carbocycles. The first-order valence-electron chi connectivity index (χ1n) is 5.97. The third-order valence-electron chi connectivity index (χ3n) is 2.79. The molecule has 19 heavy (non-hydrogen) atoms. The molecule has 2 N–H and O–H groups in total. The summed E-state index contributed by atoms with van der Waals surface area (Å²) in [7, 11) is 1.63. The van der Waals surface area contributed by atoms with E-state index in [1.165, 1.54) is 11.8 Å². The van der Waals surface area contributed by atoms with E-state index in [1.807, 2.05) is 18.2 Å². The van der Waals surface area contributed by atoms with Crippen LogP contribution < -0.4 is 4.74 Å². The third-order valence-corrected chi connectivity index (χ3v) is 3.93. The highest BCUT2D eigenvalue weighted by molar-refractivity contribution is 8.00. The van der Waals surface area contributed by atoms with Crippen molar-refractivity contribution in [2.45, 2.75) is 18.6 Å². The molecule has 1 aromatic heterocycles. The fraction of sp³-hybridized carbons (Fsp3) is 0.385. The normalized spacial score (nSPS) is 12.5. The minimum Gasteiger partial charge on any atom is -0.497 e. The Bertz CT molecular complexity index is 582. The Hall–Kier alpha value is -1.69.